The topological polar surface area (TPSA) is 167 Å². The maximum Gasteiger partial charge on any atom is 0.329 e. The molecule has 3 fully saturated rings. The number of sulfonamides is 1. The molecule has 0 saturated carbocycles. The summed E-state index contributed by atoms with van der Waals surface area (Å²) in [5.41, 5.74) is 8.41. The van der Waals surface area contributed by atoms with Gasteiger partial charge in [-0.25, -0.2) is 13.2 Å². The largest absolute Gasteiger partial charge is 0.488 e. The number of nitrogens with zero attached hydrogens (tertiary/aromatic N) is 6. The fourth-order valence-electron chi connectivity index (χ4n) is 6.66. The maximum atomic E-state index is 13.3. The van der Waals surface area contributed by atoms with Crippen molar-refractivity contribution < 1.29 is 22.7 Å². The number of likely N-dealkylation sites (tertiary alicyclic amines) is 1. The minimum absolute atomic E-state index is 0.0142. The second kappa shape index (κ2) is 13.0. The number of ether oxygens (including phenoxy) is 1. The first-order valence-electron chi connectivity index (χ1n) is 15.8. The molecule has 46 heavy (non-hydrogen) atoms. The number of urea groups is 1. The van der Waals surface area contributed by atoms with Crippen LogP contribution in [0.25, 0.3) is 10.9 Å². The van der Waals surface area contributed by atoms with Crippen LogP contribution in [0.5, 0.6) is 5.75 Å². The Hall–Kier alpha value is -4.03. The monoisotopic (exact) mass is 648 g/mol. The van der Waals surface area contributed by atoms with E-state index in [9.17, 15) is 23.3 Å². The van der Waals surface area contributed by atoms with Gasteiger partial charge in [-0.3, -0.25) is 24.6 Å². The highest BCUT2D eigenvalue weighted by Crippen LogP contribution is 2.34. The Kier molecular flexibility index (Phi) is 9.02. The van der Waals surface area contributed by atoms with Gasteiger partial charge in [-0.05, 0) is 81.4 Å². The number of amides is 3. The van der Waals surface area contributed by atoms with Crippen molar-refractivity contribution in [1.29, 1.82) is 5.26 Å². The smallest absolute Gasteiger partial charge is 0.329 e. The van der Waals surface area contributed by atoms with Crippen molar-refractivity contribution in [2.45, 2.75) is 62.0 Å². The third-order valence-corrected chi connectivity index (χ3v) is 11.2. The third-order valence-electron chi connectivity index (χ3n) is 9.28. The molecular weight excluding hydrogens is 608 g/mol. The van der Waals surface area contributed by atoms with Gasteiger partial charge in [-0.15, -0.1) is 0 Å². The summed E-state index contributed by atoms with van der Waals surface area (Å²) in [5, 5.41) is 17.5. The molecule has 6 rings (SSSR count). The van der Waals surface area contributed by atoms with E-state index in [1.807, 2.05) is 20.0 Å². The number of benzene rings is 2. The second-order valence-electron chi connectivity index (χ2n) is 12.5. The Morgan fingerprint density at radius 1 is 1.07 bits per heavy atom. The normalized spacial score (nSPS) is 20.1. The van der Waals surface area contributed by atoms with E-state index in [1.165, 1.54) is 33.0 Å². The number of hydrogen-bond acceptors (Lipinski definition) is 9. The Bertz CT molecular complexity index is 1790. The number of carbonyl (C=O) groups is 2. The van der Waals surface area contributed by atoms with Crippen molar-refractivity contribution >= 4 is 38.7 Å². The Morgan fingerprint density at radius 3 is 2.50 bits per heavy atom. The molecule has 14 heteroatoms. The summed E-state index contributed by atoms with van der Waals surface area (Å²) < 4.78 is 36.0. The fourth-order valence-corrected chi connectivity index (χ4v) is 8.15. The molecule has 1 atom stereocenters. The van der Waals surface area contributed by atoms with Crippen LogP contribution in [0.4, 0.5) is 10.6 Å². The maximum absolute atomic E-state index is 13.3. The number of nitriles is 1. The van der Waals surface area contributed by atoms with Gasteiger partial charge < -0.3 is 10.5 Å². The molecule has 3 aliphatic rings. The van der Waals surface area contributed by atoms with Gasteiger partial charge in [0.15, 0.2) is 5.82 Å². The average molecular weight is 649 g/mol. The number of aryl methyl sites for hydroxylation is 1. The SMILES string of the molecule is C[C@H](CN1CCC(c2ccc3c(N4CCC(=O)NC4=O)nn(C)c3c2)CC1)Oc1cc(S(=O)(=O)N2CCC(N)CC2)ccc1C#N. The highest BCUT2D eigenvalue weighted by Gasteiger charge is 2.31. The van der Waals surface area contributed by atoms with Gasteiger partial charge in [0.1, 0.15) is 17.9 Å². The molecule has 2 aromatic carbocycles. The van der Waals surface area contributed by atoms with E-state index in [0.29, 0.717) is 56.3 Å². The summed E-state index contributed by atoms with van der Waals surface area (Å²) in [4.78, 5) is 28.0. The molecule has 3 N–H and O–H groups in total. The number of nitrogens with one attached hydrogen (secondary N) is 1. The van der Waals surface area contributed by atoms with Crippen LogP contribution in [0.2, 0.25) is 0 Å². The van der Waals surface area contributed by atoms with E-state index in [-0.39, 0.29) is 35.1 Å². The Labute approximate surface area is 268 Å². The van der Waals surface area contributed by atoms with Crippen molar-refractivity contribution in [3.05, 3.63) is 47.5 Å². The van der Waals surface area contributed by atoms with Gasteiger partial charge in [0.25, 0.3) is 0 Å². The van der Waals surface area contributed by atoms with Crippen LogP contribution in [0.15, 0.2) is 41.3 Å². The fraction of sp³-hybridized carbons (Fsp3) is 0.500. The lowest BCUT2D eigenvalue weighted by atomic mass is 9.89. The zero-order valence-electron chi connectivity index (χ0n) is 26.2. The van der Waals surface area contributed by atoms with Gasteiger partial charge >= 0.3 is 6.03 Å². The van der Waals surface area contributed by atoms with Gasteiger partial charge in [-0.1, -0.05) is 6.07 Å². The lowest BCUT2D eigenvalue weighted by Crippen LogP contribution is -2.49. The molecule has 0 radical (unpaired) electrons. The first kappa shape index (κ1) is 31.9. The predicted molar refractivity (Wildman–Crippen MR) is 172 cm³/mol. The summed E-state index contributed by atoms with van der Waals surface area (Å²) in [6.45, 7) is 5.37. The minimum Gasteiger partial charge on any atom is -0.488 e. The van der Waals surface area contributed by atoms with E-state index < -0.39 is 16.1 Å². The summed E-state index contributed by atoms with van der Waals surface area (Å²) in [7, 11) is -1.85. The molecule has 0 bridgehead atoms. The molecule has 3 saturated heterocycles. The predicted octanol–water partition coefficient (Wildman–Crippen LogP) is 2.65. The van der Waals surface area contributed by atoms with Crippen molar-refractivity contribution in [1.82, 2.24) is 24.3 Å². The molecule has 3 aliphatic heterocycles. The second-order valence-corrected chi connectivity index (χ2v) is 14.4. The minimum atomic E-state index is -3.71. The van der Waals surface area contributed by atoms with Gasteiger partial charge in [0.05, 0.1) is 16.0 Å². The number of anilines is 1. The first-order chi connectivity index (χ1) is 22.0. The average Bonchev–Trinajstić information content (AvgIpc) is 3.36. The number of nitrogens with two attached hydrogens (primary N) is 1. The zero-order valence-corrected chi connectivity index (χ0v) is 27.0. The van der Waals surface area contributed by atoms with Crippen molar-refractivity contribution in [2.24, 2.45) is 12.8 Å². The number of fused-ring (bicyclic) bond motifs is 1. The van der Waals surface area contributed by atoms with Crippen LogP contribution < -0.4 is 20.7 Å². The number of imide groups is 1. The van der Waals surface area contributed by atoms with Crippen molar-refractivity contribution in [3.63, 3.8) is 0 Å². The van der Waals surface area contributed by atoms with E-state index in [1.54, 1.807) is 4.68 Å². The summed E-state index contributed by atoms with van der Waals surface area (Å²) in [6, 6.07) is 12.4. The number of piperidine rings is 2. The van der Waals surface area contributed by atoms with Gasteiger partial charge in [-0.2, -0.15) is 14.7 Å². The molecule has 3 amide bonds. The Morgan fingerprint density at radius 2 is 1.80 bits per heavy atom. The molecule has 4 heterocycles. The number of rotatable bonds is 8. The molecule has 3 aromatic rings. The molecular formula is C32H40N8O5S. The number of aromatic nitrogens is 2. The standard InChI is InChI=1S/C32H40N8O5S/c1-21(45-29-18-26(5-3-24(29)19-33)46(43,44)39-14-9-25(34)10-15-39)20-38-12-7-22(8-13-38)23-4-6-27-28(17-23)37(2)36-31(27)40-16-11-30(41)35-32(40)42/h3-6,17-18,21-22,25H,7-16,20,34H2,1-2H3,(H,35,41,42)/t21-/m1/s1. The van der Waals surface area contributed by atoms with E-state index >= 15 is 0 Å². The van der Waals surface area contributed by atoms with E-state index in [0.717, 1.165) is 36.8 Å². The molecule has 0 unspecified atom stereocenters. The molecule has 13 nitrogen and oxygen atoms in total. The zero-order chi connectivity index (χ0) is 32.6. The summed E-state index contributed by atoms with van der Waals surface area (Å²) in [6.07, 6.45) is 3.13. The van der Waals surface area contributed by atoms with Crippen LogP contribution in [0.1, 0.15) is 56.1 Å². The van der Waals surface area contributed by atoms with E-state index in [4.69, 9.17) is 10.5 Å². The molecule has 1 aromatic heterocycles. The molecule has 0 spiro atoms. The third kappa shape index (κ3) is 6.46. The van der Waals surface area contributed by atoms with Crippen LogP contribution in [-0.4, -0.2) is 90.8 Å². The van der Waals surface area contributed by atoms with Crippen molar-refractivity contribution in [3.8, 4) is 11.8 Å². The molecule has 0 aliphatic carbocycles. The first-order valence-corrected chi connectivity index (χ1v) is 17.2. The highest BCUT2D eigenvalue weighted by atomic mass is 32.2. The summed E-state index contributed by atoms with van der Waals surface area (Å²) >= 11 is 0. The van der Waals surface area contributed by atoms with Gasteiger partial charge in [0.2, 0.25) is 15.9 Å². The lowest BCUT2D eigenvalue weighted by molar-refractivity contribution is -0.120. The van der Waals surface area contributed by atoms with Crippen molar-refractivity contribution in [2.75, 3.05) is 44.2 Å². The van der Waals surface area contributed by atoms with Crippen LogP contribution >= 0.6 is 0 Å². The quantitative estimate of drug-likeness (QED) is 0.373. The summed E-state index contributed by atoms with van der Waals surface area (Å²) in [5.74, 6) is 0.915. The number of hydrogen-bond donors (Lipinski definition) is 2. The highest BCUT2D eigenvalue weighted by molar-refractivity contribution is 7.89. The van der Waals surface area contributed by atoms with Gasteiger partial charge in [0, 0.05) is 57.1 Å². The van der Waals surface area contributed by atoms with Crippen LogP contribution in [0, 0.1) is 11.3 Å². The van der Waals surface area contributed by atoms with Crippen LogP contribution in [-0.2, 0) is 21.9 Å². The number of carbonyl (C=O) groups excluding carboxylic acids is 2. The van der Waals surface area contributed by atoms with E-state index in [2.05, 4.69) is 33.5 Å². The van der Waals surface area contributed by atoms with Crippen LogP contribution in [0.3, 0.4) is 0 Å². The Balaban J connectivity index is 1.07. The lowest BCUT2D eigenvalue weighted by Gasteiger charge is -2.34. The molecule has 244 valence electrons.